The van der Waals surface area contributed by atoms with Gasteiger partial charge in [0.25, 0.3) is 0 Å². The Morgan fingerprint density at radius 2 is 2.33 bits per heavy atom. The number of hydrogen-bond acceptors (Lipinski definition) is 3. The number of rotatable bonds is 4. The molecule has 4 nitrogen and oxygen atoms in total. The summed E-state index contributed by atoms with van der Waals surface area (Å²) in [6.07, 6.45) is 1.43. The van der Waals surface area contributed by atoms with E-state index in [4.69, 9.17) is 16.3 Å². The van der Waals surface area contributed by atoms with Gasteiger partial charge in [0.2, 0.25) is 0 Å². The number of aliphatic hydroxyl groups is 1. The Morgan fingerprint density at radius 3 is 2.89 bits per heavy atom. The summed E-state index contributed by atoms with van der Waals surface area (Å²) in [5.74, 6) is 0.175. The van der Waals surface area contributed by atoms with Crippen LogP contribution < -0.4 is 0 Å². The van der Waals surface area contributed by atoms with Gasteiger partial charge in [0.05, 0.1) is 28.6 Å². The molecule has 18 heavy (non-hydrogen) atoms. The van der Waals surface area contributed by atoms with Crippen molar-refractivity contribution >= 4 is 11.6 Å². The van der Waals surface area contributed by atoms with Gasteiger partial charge < -0.3 is 9.84 Å². The summed E-state index contributed by atoms with van der Waals surface area (Å²) in [5.41, 5.74) is 0.958. The van der Waals surface area contributed by atoms with E-state index in [0.29, 0.717) is 18.1 Å². The van der Waals surface area contributed by atoms with Crippen LogP contribution in [0.4, 0.5) is 0 Å². The molecule has 0 aliphatic carbocycles. The summed E-state index contributed by atoms with van der Waals surface area (Å²) in [5, 5.41) is 15.7. The molecule has 0 spiro atoms. The fraction of sp³-hybridized carbons (Fsp3) is 0.769. The fourth-order valence-corrected chi connectivity index (χ4v) is 2.75. The van der Waals surface area contributed by atoms with Gasteiger partial charge in [0, 0.05) is 25.5 Å². The SMILES string of the molecule is CCn1nc(C)c(Cl)c1CC(C)(O)C1CCOC1. The Hall–Kier alpha value is -0.580. The second-order valence-corrected chi connectivity index (χ2v) is 5.63. The van der Waals surface area contributed by atoms with Crippen LogP contribution in [0.5, 0.6) is 0 Å². The predicted octanol–water partition coefficient (Wildman–Crippen LogP) is 2.19. The fourth-order valence-electron chi connectivity index (χ4n) is 2.55. The van der Waals surface area contributed by atoms with Crippen LogP contribution in [0, 0.1) is 12.8 Å². The van der Waals surface area contributed by atoms with Crippen LogP contribution in [0.2, 0.25) is 5.02 Å². The predicted molar refractivity (Wildman–Crippen MR) is 70.9 cm³/mol. The molecule has 1 aromatic rings. The Labute approximate surface area is 113 Å². The molecule has 2 rings (SSSR count). The van der Waals surface area contributed by atoms with E-state index in [1.54, 1.807) is 0 Å². The average molecular weight is 273 g/mol. The van der Waals surface area contributed by atoms with Crippen molar-refractivity contribution in [3.63, 3.8) is 0 Å². The monoisotopic (exact) mass is 272 g/mol. The minimum Gasteiger partial charge on any atom is -0.389 e. The molecule has 1 N–H and O–H groups in total. The molecule has 5 heteroatoms. The number of halogens is 1. The second kappa shape index (κ2) is 5.19. The van der Waals surface area contributed by atoms with E-state index in [-0.39, 0.29) is 5.92 Å². The number of ether oxygens (including phenoxy) is 1. The van der Waals surface area contributed by atoms with Crippen LogP contribution in [0.3, 0.4) is 0 Å². The minimum absolute atomic E-state index is 0.175. The molecule has 1 aliphatic rings. The van der Waals surface area contributed by atoms with Crippen molar-refractivity contribution in [1.29, 1.82) is 0 Å². The van der Waals surface area contributed by atoms with Crippen LogP contribution in [0.15, 0.2) is 0 Å². The van der Waals surface area contributed by atoms with E-state index in [0.717, 1.165) is 31.0 Å². The summed E-state index contributed by atoms with van der Waals surface area (Å²) in [4.78, 5) is 0. The Kier molecular flexibility index (Phi) is 3.99. The molecule has 0 bridgehead atoms. The van der Waals surface area contributed by atoms with Crippen LogP contribution in [-0.2, 0) is 17.7 Å². The number of aryl methyl sites for hydroxylation is 2. The summed E-state index contributed by atoms with van der Waals surface area (Å²) in [6.45, 7) is 7.92. The summed E-state index contributed by atoms with van der Waals surface area (Å²) in [6, 6.07) is 0. The first-order valence-electron chi connectivity index (χ1n) is 6.47. The highest BCUT2D eigenvalue weighted by molar-refractivity contribution is 6.31. The van der Waals surface area contributed by atoms with Crippen LogP contribution >= 0.6 is 11.6 Å². The zero-order valence-corrected chi connectivity index (χ0v) is 12.0. The van der Waals surface area contributed by atoms with Crippen molar-refractivity contribution in [2.45, 2.75) is 45.8 Å². The number of nitrogens with zero attached hydrogens (tertiary/aromatic N) is 2. The van der Waals surface area contributed by atoms with Crippen molar-refractivity contribution in [2.24, 2.45) is 5.92 Å². The molecule has 0 amide bonds. The van der Waals surface area contributed by atoms with E-state index in [2.05, 4.69) is 5.10 Å². The second-order valence-electron chi connectivity index (χ2n) is 5.26. The van der Waals surface area contributed by atoms with Gasteiger partial charge >= 0.3 is 0 Å². The molecule has 1 saturated heterocycles. The standard InChI is InChI=1S/C13H21ClN2O2/c1-4-16-11(12(14)9(2)15-16)7-13(3,17)10-5-6-18-8-10/h10,17H,4-8H2,1-3H3. The largest absolute Gasteiger partial charge is 0.389 e. The van der Waals surface area contributed by atoms with Gasteiger partial charge in [-0.2, -0.15) is 5.10 Å². The van der Waals surface area contributed by atoms with E-state index < -0.39 is 5.60 Å². The van der Waals surface area contributed by atoms with E-state index in [1.165, 1.54) is 0 Å². The van der Waals surface area contributed by atoms with Gasteiger partial charge in [0.1, 0.15) is 0 Å². The molecule has 0 saturated carbocycles. The normalized spacial score (nSPS) is 23.3. The third-order valence-electron chi connectivity index (χ3n) is 3.79. The van der Waals surface area contributed by atoms with Crippen molar-refractivity contribution in [3.8, 4) is 0 Å². The maximum Gasteiger partial charge on any atom is 0.0848 e. The van der Waals surface area contributed by atoms with Crippen LogP contribution in [0.25, 0.3) is 0 Å². The molecule has 1 aromatic heterocycles. The molecule has 0 radical (unpaired) electrons. The molecule has 1 aliphatic heterocycles. The van der Waals surface area contributed by atoms with Gasteiger partial charge in [-0.1, -0.05) is 11.6 Å². The Morgan fingerprint density at radius 1 is 1.61 bits per heavy atom. The third-order valence-corrected chi connectivity index (χ3v) is 4.28. The van der Waals surface area contributed by atoms with Crippen LogP contribution in [0.1, 0.15) is 31.7 Å². The zero-order valence-electron chi connectivity index (χ0n) is 11.2. The summed E-state index contributed by atoms with van der Waals surface area (Å²) >= 11 is 6.28. The van der Waals surface area contributed by atoms with Gasteiger partial charge in [-0.15, -0.1) is 0 Å². The van der Waals surface area contributed by atoms with Crippen molar-refractivity contribution in [3.05, 3.63) is 16.4 Å². The molecule has 2 unspecified atom stereocenters. The molecule has 0 aromatic carbocycles. The molecule has 2 heterocycles. The first-order valence-corrected chi connectivity index (χ1v) is 6.85. The molecule has 2 atom stereocenters. The molecule has 1 fully saturated rings. The zero-order chi connectivity index (χ0) is 13.3. The Bertz CT molecular complexity index is 423. The third kappa shape index (κ3) is 2.56. The lowest BCUT2D eigenvalue weighted by Crippen LogP contribution is -2.38. The Balaban J connectivity index is 2.22. The first kappa shape index (κ1) is 13.8. The lowest BCUT2D eigenvalue weighted by Gasteiger charge is -2.29. The summed E-state index contributed by atoms with van der Waals surface area (Å²) in [7, 11) is 0. The first-order chi connectivity index (χ1) is 8.45. The lowest BCUT2D eigenvalue weighted by molar-refractivity contribution is -0.00609. The van der Waals surface area contributed by atoms with Gasteiger partial charge in [0.15, 0.2) is 0 Å². The van der Waals surface area contributed by atoms with E-state index >= 15 is 0 Å². The van der Waals surface area contributed by atoms with Gasteiger partial charge in [-0.05, 0) is 27.2 Å². The highest BCUT2D eigenvalue weighted by Gasteiger charge is 2.36. The van der Waals surface area contributed by atoms with E-state index in [9.17, 15) is 5.11 Å². The maximum atomic E-state index is 10.6. The lowest BCUT2D eigenvalue weighted by atomic mass is 9.84. The van der Waals surface area contributed by atoms with Crippen molar-refractivity contribution in [2.75, 3.05) is 13.2 Å². The van der Waals surface area contributed by atoms with E-state index in [1.807, 2.05) is 25.5 Å². The molecular formula is C13H21ClN2O2. The summed E-state index contributed by atoms with van der Waals surface area (Å²) < 4.78 is 7.23. The minimum atomic E-state index is -0.792. The number of aromatic nitrogens is 2. The molecule has 102 valence electrons. The topological polar surface area (TPSA) is 47.3 Å². The van der Waals surface area contributed by atoms with Gasteiger partial charge in [-0.25, -0.2) is 0 Å². The van der Waals surface area contributed by atoms with Gasteiger partial charge in [-0.3, -0.25) is 4.68 Å². The van der Waals surface area contributed by atoms with Crippen molar-refractivity contribution in [1.82, 2.24) is 9.78 Å². The quantitative estimate of drug-likeness (QED) is 0.914. The van der Waals surface area contributed by atoms with Crippen molar-refractivity contribution < 1.29 is 9.84 Å². The maximum absolute atomic E-state index is 10.6. The number of hydrogen-bond donors (Lipinski definition) is 1. The molecular weight excluding hydrogens is 252 g/mol. The van der Waals surface area contributed by atoms with Crippen LogP contribution in [-0.4, -0.2) is 33.7 Å². The smallest absolute Gasteiger partial charge is 0.0848 e. The highest BCUT2D eigenvalue weighted by Crippen LogP contribution is 2.32. The highest BCUT2D eigenvalue weighted by atomic mass is 35.5. The average Bonchev–Trinajstić information content (AvgIpc) is 2.93.